The number of carbonyl (C=O) groups excluding carboxylic acids is 6. The molecule has 0 saturated heterocycles. The van der Waals surface area contributed by atoms with Crippen molar-refractivity contribution in [3.05, 3.63) is 259 Å². The van der Waals surface area contributed by atoms with Crippen LogP contribution in [-0.4, -0.2) is 46.9 Å². The normalized spacial score (nSPS) is 15.1. The molecule has 4 aliphatic rings. The van der Waals surface area contributed by atoms with E-state index in [9.17, 15) is 30.6 Å². The second-order valence-electron chi connectivity index (χ2n) is 20.5. The summed E-state index contributed by atoms with van der Waals surface area (Å²) in [6, 6.07) is 56.7. The van der Waals surface area contributed by atoms with Gasteiger partial charge in [0, 0.05) is 43.8 Å². The van der Waals surface area contributed by atoms with Crippen molar-refractivity contribution in [3.8, 4) is 34.0 Å². The van der Waals surface area contributed by atoms with Crippen molar-refractivity contribution in [1.29, 1.82) is 21.0 Å². The number of carbonyl (C=O) groups is 6. The third kappa shape index (κ3) is 9.21. The zero-order valence-corrected chi connectivity index (χ0v) is 48.6. The number of nitrogens with zero attached hydrogens (tertiary/aromatic N) is 6. The van der Waals surface area contributed by atoms with Crippen LogP contribution < -0.4 is 0 Å². The molecule has 89 heavy (non-hydrogen) atoms. The van der Waals surface area contributed by atoms with Gasteiger partial charge >= 0.3 is 23.9 Å². The van der Waals surface area contributed by atoms with Crippen molar-refractivity contribution >= 4 is 113 Å². The molecule has 6 aromatic carbocycles. The van der Waals surface area contributed by atoms with Crippen LogP contribution >= 0.6 is 34.0 Å². The van der Waals surface area contributed by atoms with Gasteiger partial charge in [-0.2, -0.15) is 21.0 Å². The van der Waals surface area contributed by atoms with Crippen molar-refractivity contribution in [2.45, 2.75) is 37.3 Å². The lowest BCUT2D eigenvalue weighted by molar-refractivity contribution is -0.166. The Hall–Kier alpha value is -11.6. The van der Waals surface area contributed by atoms with Gasteiger partial charge in [0.2, 0.25) is 22.4 Å². The lowest BCUT2D eigenvalue weighted by atomic mass is 9.78. The summed E-state index contributed by atoms with van der Waals surface area (Å²) in [5, 5.41) is 41.3. The number of ether oxygens (including phenoxy) is 4. The van der Waals surface area contributed by atoms with E-state index >= 15 is 19.2 Å². The van der Waals surface area contributed by atoms with E-state index in [-0.39, 0.29) is 117 Å². The maximum atomic E-state index is 16.0. The Morgan fingerprint density at radius 1 is 0.427 bits per heavy atom. The van der Waals surface area contributed by atoms with Gasteiger partial charge in [-0.25, -0.2) is 9.98 Å². The third-order valence-electron chi connectivity index (χ3n) is 15.5. The molecule has 3 aromatic heterocycles. The van der Waals surface area contributed by atoms with Gasteiger partial charge in [-0.1, -0.05) is 170 Å². The fourth-order valence-electron chi connectivity index (χ4n) is 11.5. The van der Waals surface area contributed by atoms with Gasteiger partial charge in [-0.15, -0.1) is 34.0 Å². The summed E-state index contributed by atoms with van der Waals surface area (Å²) in [5.41, 5.74) is -4.06. The number of ketones is 2. The quantitative estimate of drug-likeness (QED) is 0.0424. The molecule has 426 valence electrons. The first-order valence-electron chi connectivity index (χ1n) is 27.3. The highest BCUT2D eigenvalue weighted by atomic mass is 32.1. The van der Waals surface area contributed by atoms with Crippen molar-refractivity contribution in [3.63, 3.8) is 0 Å². The Labute approximate surface area is 518 Å². The summed E-state index contributed by atoms with van der Waals surface area (Å²) in [7, 11) is 0. The van der Waals surface area contributed by atoms with Crippen LogP contribution in [0.3, 0.4) is 0 Å². The first-order valence-corrected chi connectivity index (χ1v) is 29.8. The van der Waals surface area contributed by atoms with Gasteiger partial charge in [0.05, 0.1) is 24.9 Å². The summed E-state index contributed by atoms with van der Waals surface area (Å²) >= 11 is 3.00. The fourth-order valence-corrected chi connectivity index (χ4v) is 15.8. The van der Waals surface area contributed by atoms with Crippen molar-refractivity contribution in [2.24, 2.45) is 9.98 Å². The number of rotatable bonds is 14. The topological polar surface area (TPSA) is 259 Å². The molecule has 0 unspecified atom stereocenters. The number of Topliss-reactive ketones (excluding diaryl/α,β-unsaturated/α-hetero) is 2. The highest BCUT2D eigenvalue weighted by Gasteiger charge is 2.65. The molecular weight excluding hydrogens is 1180 g/mol. The number of aliphatic imine (C=N–C) groups is 2. The van der Waals surface area contributed by atoms with E-state index in [2.05, 4.69) is 0 Å². The molecule has 0 saturated carbocycles. The molecule has 0 spiro atoms. The van der Waals surface area contributed by atoms with Crippen LogP contribution in [0.5, 0.6) is 0 Å². The second kappa shape index (κ2) is 23.0. The predicted octanol–water partition coefficient (Wildman–Crippen LogP) is 12.8. The SMILES string of the molecule is N#CC(C#N)=C1/C(=N/C2=Cc3sc4c5c(sc4c3C2(C(=O)OCc2ccccc2)C(=O)OCc2ccccc2)-c2sc(/N=C3/C(=O)c4ccccc4C3=C(C#N)C#N)cc2C5(C(=O)OCc2ccccc2)C(=O)OCc2ccccc2)C(=O)c2ccccc21. The Balaban J connectivity index is 1.08. The first-order chi connectivity index (χ1) is 43.4. The van der Waals surface area contributed by atoms with Crippen molar-refractivity contribution < 1.29 is 47.7 Å². The van der Waals surface area contributed by atoms with E-state index in [1.165, 1.54) is 18.2 Å². The number of fused-ring (bicyclic) bond motifs is 9. The monoisotopic (exact) mass is 1220 g/mol. The largest absolute Gasteiger partial charge is 0.459 e. The summed E-state index contributed by atoms with van der Waals surface area (Å²) in [5.74, 6) is -5.83. The molecular formula is C70H38N6O10S3. The standard InChI is InChI=1S/C70H38N6O10S3/c71-31-43(32-72)53-45-25-13-15-27-47(45)59(77)57(53)75-51-30-50-55(70(51,67(81)85-37-41-21-9-3-10-22-41)68(82)86-38-42-23-11-4-12-24-42)62-64(87-50)56-63(89-62)61-49(29-52(88-61)76-58-54(44(33-73)34-74)46-26-14-16-28-48(46)60(58)78)69(56,65(79)83-35-39-17-5-1-6-18-39)66(80)84-36-40-19-7-2-8-20-40/h1-30H,35-38H2/b75-57-,76-58+. The molecule has 0 radical (unpaired) electrons. The van der Waals surface area contributed by atoms with Gasteiger partial charge in [0.1, 0.15) is 78.3 Å². The Kier molecular flexibility index (Phi) is 14.6. The average Bonchev–Trinajstić information content (AvgIpc) is 1.50. The van der Waals surface area contributed by atoms with Crippen molar-refractivity contribution in [2.75, 3.05) is 0 Å². The van der Waals surface area contributed by atoms with Gasteiger partial charge < -0.3 is 18.9 Å². The molecule has 0 fully saturated rings. The van der Waals surface area contributed by atoms with Gasteiger partial charge in [0.25, 0.3) is 0 Å². The number of hydrogen-bond donors (Lipinski definition) is 0. The molecule has 0 amide bonds. The summed E-state index contributed by atoms with van der Waals surface area (Å²) in [6.45, 7) is -1.37. The van der Waals surface area contributed by atoms with Crippen LogP contribution in [0.2, 0.25) is 0 Å². The molecule has 0 N–H and O–H groups in total. The smallest absolute Gasteiger partial charge is 0.334 e. The lowest BCUT2D eigenvalue weighted by Crippen LogP contribution is -2.46. The zero-order chi connectivity index (χ0) is 61.6. The zero-order valence-electron chi connectivity index (χ0n) is 46.1. The minimum Gasteiger partial charge on any atom is -0.459 e. The van der Waals surface area contributed by atoms with Crippen molar-refractivity contribution in [1.82, 2.24) is 0 Å². The van der Waals surface area contributed by atoms with Crippen LogP contribution in [0, 0.1) is 45.3 Å². The van der Waals surface area contributed by atoms with Gasteiger partial charge in [0.15, 0.2) is 0 Å². The highest BCUT2D eigenvalue weighted by molar-refractivity contribution is 7.33. The van der Waals surface area contributed by atoms with Crippen LogP contribution in [0.25, 0.3) is 36.4 Å². The molecule has 4 aliphatic carbocycles. The maximum absolute atomic E-state index is 16.0. The minimum atomic E-state index is -2.73. The van der Waals surface area contributed by atoms with Crippen LogP contribution in [0.1, 0.15) is 75.7 Å². The molecule has 3 heterocycles. The molecule has 13 rings (SSSR count). The number of nitriles is 4. The summed E-state index contributed by atoms with van der Waals surface area (Å²) < 4.78 is 25.4. The van der Waals surface area contributed by atoms with Crippen LogP contribution in [0.4, 0.5) is 5.00 Å². The van der Waals surface area contributed by atoms with E-state index in [0.29, 0.717) is 27.8 Å². The third-order valence-corrected chi connectivity index (χ3v) is 19.2. The van der Waals surface area contributed by atoms with E-state index in [4.69, 9.17) is 28.9 Å². The predicted molar refractivity (Wildman–Crippen MR) is 331 cm³/mol. The number of hydrogen-bond acceptors (Lipinski definition) is 19. The Morgan fingerprint density at radius 2 is 0.798 bits per heavy atom. The number of allylic oxidation sites excluding steroid dienone is 4. The van der Waals surface area contributed by atoms with E-state index in [0.717, 1.165) is 34.0 Å². The minimum absolute atomic E-state index is 0.00311. The summed E-state index contributed by atoms with van der Waals surface area (Å²) in [6.07, 6.45) is 1.42. The summed E-state index contributed by atoms with van der Waals surface area (Å²) in [4.78, 5) is 103. The molecule has 9 aromatic rings. The van der Waals surface area contributed by atoms with E-state index < -0.39 is 57.6 Å². The molecule has 19 heteroatoms. The fraction of sp³-hybridized carbons (Fsp3) is 0.0857. The molecule has 0 aliphatic heterocycles. The number of benzene rings is 6. The number of thiophene rings is 3. The molecule has 16 nitrogen and oxygen atoms in total. The lowest BCUT2D eigenvalue weighted by Gasteiger charge is -2.28. The Bertz CT molecular complexity index is 4770. The van der Waals surface area contributed by atoms with E-state index in [1.807, 2.05) is 24.3 Å². The average molecular weight is 1220 g/mol. The molecule has 0 atom stereocenters. The maximum Gasteiger partial charge on any atom is 0.334 e. The van der Waals surface area contributed by atoms with Crippen LogP contribution in [-0.2, 0) is 75.4 Å². The number of esters is 4. The van der Waals surface area contributed by atoms with Gasteiger partial charge in [-0.05, 0) is 45.5 Å². The van der Waals surface area contributed by atoms with E-state index in [1.54, 1.807) is 164 Å². The van der Waals surface area contributed by atoms with Crippen LogP contribution in [0.15, 0.2) is 203 Å². The first kappa shape index (κ1) is 56.5. The molecule has 0 bridgehead atoms. The van der Waals surface area contributed by atoms with Gasteiger partial charge in [-0.3, -0.25) is 28.8 Å². The second-order valence-corrected chi connectivity index (χ2v) is 23.6. The highest BCUT2D eigenvalue weighted by Crippen LogP contribution is 2.65. The Morgan fingerprint density at radius 3 is 1.21 bits per heavy atom.